The molecular formula is C22H26N4O. The van der Waals surface area contributed by atoms with Crippen LogP contribution in [0.4, 0.5) is 5.95 Å². The second kappa shape index (κ2) is 7.82. The monoisotopic (exact) mass is 362 g/mol. The number of piperidine rings is 1. The average Bonchev–Trinajstić information content (AvgIpc) is 3.14. The van der Waals surface area contributed by atoms with Crippen LogP contribution in [0.1, 0.15) is 24.0 Å². The van der Waals surface area contributed by atoms with Gasteiger partial charge in [0.05, 0.1) is 17.0 Å². The van der Waals surface area contributed by atoms with Gasteiger partial charge in [0.25, 0.3) is 0 Å². The number of para-hydroxylation sites is 2. The molecule has 1 aliphatic heterocycles. The Morgan fingerprint density at radius 3 is 2.89 bits per heavy atom. The molecule has 5 nitrogen and oxygen atoms in total. The maximum absolute atomic E-state index is 12.7. The Balaban J connectivity index is 1.34. The van der Waals surface area contributed by atoms with Crippen molar-refractivity contribution in [1.29, 1.82) is 0 Å². The second-order valence-corrected chi connectivity index (χ2v) is 7.33. The summed E-state index contributed by atoms with van der Waals surface area (Å²) in [4.78, 5) is 22.9. The van der Waals surface area contributed by atoms with Gasteiger partial charge >= 0.3 is 0 Å². The largest absolute Gasteiger partial charge is 0.355 e. The highest BCUT2D eigenvalue weighted by atomic mass is 16.1. The SMILES string of the molecule is Cc1ccccc1CCNC(=O)[C@@H]1CCCN(c2nc3ccccc3[nH]2)C1. The maximum Gasteiger partial charge on any atom is 0.224 e. The number of carbonyl (C=O) groups is 1. The number of aryl methyl sites for hydroxylation is 1. The van der Waals surface area contributed by atoms with Crippen molar-refractivity contribution in [2.45, 2.75) is 26.2 Å². The van der Waals surface area contributed by atoms with E-state index in [0.29, 0.717) is 6.54 Å². The Hall–Kier alpha value is -2.82. The number of nitrogens with zero attached hydrogens (tertiary/aromatic N) is 2. The van der Waals surface area contributed by atoms with Crippen molar-refractivity contribution in [3.63, 3.8) is 0 Å². The molecule has 0 bridgehead atoms. The predicted octanol–water partition coefficient (Wildman–Crippen LogP) is 3.45. The van der Waals surface area contributed by atoms with Gasteiger partial charge in [0.1, 0.15) is 0 Å². The third-order valence-corrected chi connectivity index (χ3v) is 5.42. The van der Waals surface area contributed by atoms with Crippen LogP contribution in [-0.4, -0.2) is 35.5 Å². The summed E-state index contributed by atoms with van der Waals surface area (Å²) in [5, 5.41) is 3.13. The van der Waals surface area contributed by atoms with Gasteiger partial charge in [-0.05, 0) is 49.4 Å². The van der Waals surface area contributed by atoms with Crippen LogP contribution in [0.15, 0.2) is 48.5 Å². The van der Waals surface area contributed by atoms with E-state index < -0.39 is 0 Å². The van der Waals surface area contributed by atoms with E-state index >= 15 is 0 Å². The second-order valence-electron chi connectivity index (χ2n) is 7.33. The minimum atomic E-state index is 0.0174. The van der Waals surface area contributed by atoms with E-state index in [1.165, 1.54) is 11.1 Å². The van der Waals surface area contributed by atoms with Crippen molar-refractivity contribution in [2.24, 2.45) is 5.92 Å². The standard InChI is InChI=1S/C22H26N4O/c1-16-7-2-3-8-17(16)12-13-23-21(27)18-9-6-14-26(15-18)22-24-19-10-4-5-11-20(19)25-22/h2-5,7-8,10-11,18H,6,9,12-15H2,1H3,(H,23,27)(H,24,25)/t18-/m1/s1. The Morgan fingerprint density at radius 1 is 1.22 bits per heavy atom. The molecule has 140 valence electrons. The summed E-state index contributed by atoms with van der Waals surface area (Å²) in [7, 11) is 0. The number of rotatable bonds is 5. The molecule has 1 saturated heterocycles. The van der Waals surface area contributed by atoms with Gasteiger partial charge in [-0.1, -0.05) is 36.4 Å². The minimum Gasteiger partial charge on any atom is -0.355 e. The summed E-state index contributed by atoms with van der Waals surface area (Å²) < 4.78 is 0. The molecule has 1 fully saturated rings. The van der Waals surface area contributed by atoms with Gasteiger partial charge < -0.3 is 15.2 Å². The molecule has 2 heterocycles. The van der Waals surface area contributed by atoms with E-state index in [2.05, 4.69) is 45.3 Å². The van der Waals surface area contributed by atoms with Crippen LogP contribution in [0, 0.1) is 12.8 Å². The highest BCUT2D eigenvalue weighted by Crippen LogP contribution is 2.23. The van der Waals surface area contributed by atoms with E-state index in [9.17, 15) is 4.79 Å². The van der Waals surface area contributed by atoms with Crippen molar-refractivity contribution in [1.82, 2.24) is 15.3 Å². The summed E-state index contributed by atoms with van der Waals surface area (Å²) in [6.45, 7) is 4.46. The first-order valence-electron chi connectivity index (χ1n) is 9.72. The molecule has 1 aromatic heterocycles. The van der Waals surface area contributed by atoms with Crippen molar-refractivity contribution in [2.75, 3.05) is 24.5 Å². The van der Waals surface area contributed by atoms with E-state index in [1.54, 1.807) is 0 Å². The molecule has 0 saturated carbocycles. The van der Waals surface area contributed by atoms with Crippen LogP contribution in [0.3, 0.4) is 0 Å². The topological polar surface area (TPSA) is 61.0 Å². The third-order valence-electron chi connectivity index (χ3n) is 5.42. The van der Waals surface area contributed by atoms with E-state index in [1.807, 2.05) is 30.3 Å². The normalized spacial score (nSPS) is 17.2. The zero-order chi connectivity index (χ0) is 18.6. The summed E-state index contributed by atoms with van der Waals surface area (Å²) >= 11 is 0. The molecule has 0 radical (unpaired) electrons. The molecule has 4 rings (SSSR count). The zero-order valence-corrected chi connectivity index (χ0v) is 15.7. The van der Waals surface area contributed by atoms with Gasteiger partial charge in [0, 0.05) is 19.6 Å². The van der Waals surface area contributed by atoms with Gasteiger partial charge in [-0.2, -0.15) is 0 Å². The molecule has 2 N–H and O–H groups in total. The number of fused-ring (bicyclic) bond motifs is 1. The zero-order valence-electron chi connectivity index (χ0n) is 15.7. The fourth-order valence-electron chi connectivity index (χ4n) is 3.83. The number of benzene rings is 2. The Labute approximate surface area is 159 Å². The molecule has 1 atom stereocenters. The van der Waals surface area contributed by atoms with Crippen LogP contribution in [-0.2, 0) is 11.2 Å². The average molecular weight is 362 g/mol. The van der Waals surface area contributed by atoms with Gasteiger partial charge in [0.2, 0.25) is 11.9 Å². The Bertz CT molecular complexity index is 900. The lowest BCUT2D eigenvalue weighted by molar-refractivity contribution is -0.125. The number of aromatic nitrogens is 2. The molecule has 3 aromatic rings. The van der Waals surface area contributed by atoms with Gasteiger partial charge in [-0.3, -0.25) is 4.79 Å². The molecule has 1 aliphatic rings. The lowest BCUT2D eigenvalue weighted by Crippen LogP contribution is -2.43. The first-order chi connectivity index (χ1) is 13.2. The predicted molar refractivity (Wildman–Crippen MR) is 109 cm³/mol. The van der Waals surface area contributed by atoms with E-state index in [-0.39, 0.29) is 11.8 Å². The fraction of sp³-hybridized carbons (Fsp3) is 0.364. The molecule has 2 aromatic carbocycles. The number of imidazole rings is 1. The lowest BCUT2D eigenvalue weighted by atomic mass is 9.97. The van der Waals surface area contributed by atoms with Crippen molar-refractivity contribution >= 4 is 22.9 Å². The molecule has 0 aliphatic carbocycles. The first-order valence-corrected chi connectivity index (χ1v) is 9.72. The smallest absolute Gasteiger partial charge is 0.224 e. The summed E-state index contributed by atoms with van der Waals surface area (Å²) in [5.41, 5.74) is 4.58. The number of aromatic amines is 1. The Kier molecular flexibility index (Phi) is 5.10. The highest BCUT2D eigenvalue weighted by Gasteiger charge is 2.27. The van der Waals surface area contributed by atoms with E-state index in [0.717, 1.165) is 49.3 Å². The number of carbonyl (C=O) groups excluding carboxylic acids is 1. The third kappa shape index (κ3) is 3.97. The maximum atomic E-state index is 12.7. The number of hydrogen-bond acceptors (Lipinski definition) is 3. The number of amides is 1. The molecule has 1 amide bonds. The van der Waals surface area contributed by atoms with Crippen LogP contribution >= 0.6 is 0 Å². The molecular weight excluding hydrogens is 336 g/mol. The lowest BCUT2D eigenvalue weighted by Gasteiger charge is -2.31. The highest BCUT2D eigenvalue weighted by molar-refractivity contribution is 5.80. The van der Waals surface area contributed by atoms with Crippen LogP contribution < -0.4 is 10.2 Å². The summed E-state index contributed by atoms with van der Waals surface area (Å²) in [6.07, 6.45) is 2.82. The fourth-order valence-corrected chi connectivity index (χ4v) is 3.83. The van der Waals surface area contributed by atoms with Crippen LogP contribution in [0.25, 0.3) is 11.0 Å². The molecule has 0 spiro atoms. The van der Waals surface area contributed by atoms with Crippen LogP contribution in [0.2, 0.25) is 0 Å². The Morgan fingerprint density at radius 2 is 2.04 bits per heavy atom. The summed E-state index contributed by atoms with van der Waals surface area (Å²) in [5.74, 6) is 1.04. The number of hydrogen-bond donors (Lipinski definition) is 2. The van der Waals surface area contributed by atoms with Gasteiger partial charge in [-0.25, -0.2) is 4.98 Å². The van der Waals surface area contributed by atoms with Crippen molar-refractivity contribution in [3.8, 4) is 0 Å². The number of H-pyrrole nitrogens is 1. The number of anilines is 1. The quantitative estimate of drug-likeness (QED) is 0.731. The molecule has 27 heavy (non-hydrogen) atoms. The summed E-state index contributed by atoms with van der Waals surface area (Å²) in [6, 6.07) is 16.4. The van der Waals surface area contributed by atoms with Gasteiger partial charge in [0.15, 0.2) is 0 Å². The number of nitrogens with one attached hydrogen (secondary N) is 2. The van der Waals surface area contributed by atoms with Crippen molar-refractivity contribution in [3.05, 3.63) is 59.7 Å². The molecule has 0 unspecified atom stereocenters. The van der Waals surface area contributed by atoms with E-state index in [4.69, 9.17) is 0 Å². The van der Waals surface area contributed by atoms with Gasteiger partial charge in [-0.15, -0.1) is 0 Å². The first kappa shape index (κ1) is 17.6. The minimum absolute atomic E-state index is 0.0174. The molecule has 5 heteroatoms. The van der Waals surface area contributed by atoms with Crippen LogP contribution in [0.5, 0.6) is 0 Å². The van der Waals surface area contributed by atoms with Crippen molar-refractivity contribution < 1.29 is 4.79 Å².